The number of ether oxygens (including phenoxy) is 1. The zero-order valence-electron chi connectivity index (χ0n) is 18.3. The summed E-state index contributed by atoms with van der Waals surface area (Å²) in [5, 5.41) is 5.08. The number of anilines is 1. The average molecular weight is 462 g/mol. The molecule has 3 N–H and O–H groups in total. The van der Waals surface area contributed by atoms with Gasteiger partial charge < -0.3 is 15.4 Å². The number of alkyl carbamates (subject to hydrolysis) is 1. The minimum Gasteiger partial charge on any atom is -0.449 e. The molecule has 2 amide bonds. The van der Waals surface area contributed by atoms with Crippen LogP contribution in [0.4, 0.5) is 10.5 Å². The second-order valence-electron chi connectivity index (χ2n) is 7.38. The monoisotopic (exact) mass is 461 g/mol. The minimum absolute atomic E-state index is 0.0131. The molecule has 1 unspecified atom stereocenters. The molecule has 0 heterocycles. The van der Waals surface area contributed by atoms with Crippen molar-refractivity contribution < 1.29 is 22.7 Å². The average Bonchev–Trinajstić information content (AvgIpc) is 2.80. The Morgan fingerprint density at radius 3 is 2.59 bits per heavy atom. The minimum atomic E-state index is -3.74. The Balaban J connectivity index is 1.66. The highest BCUT2D eigenvalue weighted by atomic mass is 32.2. The van der Waals surface area contributed by atoms with E-state index in [1.807, 2.05) is 0 Å². The van der Waals surface area contributed by atoms with Crippen molar-refractivity contribution in [2.75, 3.05) is 25.0 Å². The molecule has 32 heavy (non-hydrogen) atoms. The van der Waals surface area contributed by atoms with E-state index < -0.39 is 16.1 Å². The van der Waals surface area contributed by atoms with Gasteiger partial charge in [-0.05, 0) is 49.6 Å². The Morgan fingerprint density at radius 1 is 1.22 bits per heavy atom. The number of sulfonamides is 1. The topological polar surface area (TPSA) is 114 Å². The van der Waals surface area contributed by atoms with Gasteiger partial charge >= 0.3 is 6.09 Å². The maximum atomic E-state index is 12.3. The van der Waals surface area contributed by atoms with Gasteiger partial charge in [-0.2, -0.15) is 0 Å². The number of unbranched alkanes of at least 4 members (excludes halogenated alkanes) is 1. The first-order chi connectivity index (χ1) is 15.3. The fraction of sp³-hybridized carbons (Fsp3) is 0.391. The molecule has 9 heteroatoms. The Kier molecular flexibility index (Phi) is 10.2. The molecule has 1 aromatic rings. The molecule has 0 bridgehead atoms. The molecule has 0 saturated carbocycles. The second-order valence-corrected chi connectivity index (χ2v) is 9.15. The lowest BCUT2D eigenvalue weighted by Crippen LogP contribution is -2.35. The Bertz CT molecular complexity index is 952. The molecule has 0 saturated heterocycles. The Morgan fingerprint density at radius 2 is 1.97 bits per heavy atom. The van der Waals surface area contributed by atoms with Gasteiger partial charge in [0.25, 0.3) is 0 Å². The summed E-state index contributed by atoms with van der Waals surface area (Å²) in [6.07, 6.45) is 11.2. The first-order valence-corrected chi connectivity index (χ1v) is 12.1. The van der Waals surface area contributed by atoms with Crippen molar-refractivity contribution in [1.29, 1.82) is 0 Å². The largest absolute Gasteiger partial charge is 0.449 e. The van der Waals surface area contributed by atoms with Crippen LogP contribution in [0.1, 0.15) is 32.6 Å². The number of benzene rings is 1. The number of amides is 2. The maximum Gasteiger partial charge on any atom is 0.407 e. The first kappa shape index (κ1) is 25.4. The number of allylic oxidation sites excluding steroid dienone is 3. The fourth-order valence-electron chi connectivity index (χ4n) is 2.98. The zero-order valence-corrected chi connectivity index (χ0v) is 19.1. The van der Waals surface area contributed by atoms with E-state index in [1.165, 1.54) is 36.3 Å². The van der Waals surface area contributed by atoms with Crippen LogP contribution >= 0.6 is 0 Å². The predicted molar refractivity (Wildman–Crippen MR) is 125 cm³/mol. The van der Waals surface area contributed by atoms with Gasteiger partial charge in [0.1, 0.15) is 0 Å². The maximum absolute atomic E-state index is 12.3. The molecule has 0 fully saturated rings. The van der Waals surface area contributed by atoms with Crippen molar-refractivity contribution in [3.8, 4) is 0 Å². The van der Waals surface area contributed by atoms with E-state index in [1.54, 1.807) is 0 Å². The summed E-state index contributed by atoms with van der Waals surface area (Å²) >= 11 is 0. The van der Waals surface area contributed by atoms with Crippen LogP contribution in [0.2, 0.25) is 0 Å². The molecule has 2 rings (SSSR count). The van der Waals surface area contributed by atoms with Crippen LogP contribution in [-0.2, 0) is 19.6 Å². The molecule has 1 aromatic carbocycles. The van der Waals surface area contributed by atoms with Gasteiger partial charge in [0, 0.05) is 24.7 Å². The molecule has 174 valence electrons. The molecule has 0 aromatic heterocycles. The lowest BCUT2D eigenvalue weighted by molar-refractivity contribution is -0.111. The van der Waals surface area contributed by atoms with Gasteiger partial charge in [-0.3, -0.25) is 4.79 Å². The smallest absolute Gasteiger partial charge is 0.407 e. The van der Waals surface area contributed by atoms with E-state index in [4.69, 9.17) is 4.74 Å². The summed E-state index contributed by atoms with van der Waals surface area (Å²) in [5.74, 6) is -0.228. The lowest BCUT2D eigenvalue weighted by atomic mass is 9.95. The van der Waals surface area contributed by atoms with Gasteiger partial charge in [-0.15, -0.1) is 0 Å². The summed E-state index contributed by atoms with van der Waals surface area (Å²) in [5.41, 5.74) is 1.79. The standard InChI is InChI=1S/C23H31N3O5S/c1-3-5-6-18-7-9-19(10-8-18)17-31-23(28)24-15-16-25-32(29,30)21-13-11-20(12-14-21)26-22(27)4-2/h4,7-9,11-14,19,25H,2-3,5-6,10,15-17H2,1H3,(H,24,28)(H,26,27). The predicted octanol–water partition coefficient (Wildman–Crippen LogP) is 3.51. The van der Waals surface area contributed by atoms with E-state index >= 15 is 0 Å². The highest BCUT2D eigenvalue weighted by molar-refractivity contribution is 7.89. The van der Waals surface area contributed by atoms with E-state index in [9.17, 15) is 18.0 Å². The van der Waals surface area contributed by atoms with Crippen LogP contribution in [-0.4, -0.2) is 40.1 Å². The molecule has 0 radical (unpaired) electrons. The molecule has 1 aliphatic rings. The summed E-state index contributed by atoms with van der Waals surface area (Å²) in [6.45, 7) is 5.90. The van der Waals surface area contributed by atoms with Gasteiger partial charge in [0.05, 0.1) is 11.5 Å². The van der Waals surface area contributed by atoms with E-state index in [0.717, 1.165) is 25.3 Å². The summed E-state index contributed by atoms with van der Waals surface area (Å²) < 4.78 is 32.3. The van der Waals surface area contributed by atoms with Crippen LogP contribution in [0, 0.1) is 5.92 Å². The number of carbonyl (C=O) groups excluding carboxylic acids is 2. The molecule has 1 atom stereocenters. The van der Waals surface area contributed by atoms with E-state index in [2.05, 4.69) is 47.1 Å². The quantitative estimate of drug-likeness (QED) is 0.326. The molecular formula is C23H31N3O5S. The lowest BCUT2D eigenvalue weighted by Gasteiger charge is -2.16. The number of carbonyl (C=O) groups is 2. The van der Waals surface area contributed by atoms with Crippen molar-refractivity contribution >= 4 is 27.7 Å². The second kappa shape index (κ2) is 12.8. The number of hydrogen-bond acceptors (Lipinski definition) is 5. The van der Waals surface area contributed by atoms with Crippen molar-refractivity contribution in [2.45, 2.75) is 37.5 Å². The van der Waals surface area contributed by atoms with Crippen LogP contribution in [0.3, 0.4) is 0 Å². The summed E-state index contributed by atoms with van der Waals surface area (Å²) in [6, 6.07) is 5.71. The normalized spacial score (nSPS) is 15.5. The van der Waals surface area contributed by atoms with Crippen LogP contribution in [0.5, 0.6) is 0 Å². The van der Waals surface area contributed by atoms with Gasteiger partial charge in [0.2, 0.25) is 15.9 Å². The van der Waals surface area contributed by atoms with Crippen molar-refractivity contribution in [1.82, 2.24) is 10.0 Å². The number of rotatable bonds is 12. The van der Waals surface area contributed by atoms with Crippen molar-refractivity contribution in [2.24, 2.45) is 5.92 Å². The summed E-state index contributed by atoms with van der Waals surface area (Å²) in [7, 11) is -3.74. The molecule has 0 aliphatic heterocycles. The SMILES string of the molecule is C=CC(=O)Nc1ccc(S(=O)(=O)NCCNC(=O)OCC2C=CC(CCCC)=CC2)cc1. The summed E-state index contributed by atoms with van der Waals surface area (Å²) in [4.78, 5) is 23.2. The van der Waals surface area contributed by atoms with Crippen LogP contribution < -0.4 is 15.4 Å². The third kappa shape index (κ3) is 8.68. The number of hydrogen-bond donors (Lipinski definition) is 3. The third-order valence-corrected chi connectivity index (χ3v) is 6.29. The van der Waals surface area contributed by atoms with Gasteiger partial charge in [-0.1, -0.05) is 43.7 Å². The molecule has 8 nitrogen and oxygen atoms in total. The number of nitrogens with one attached hydrogen (secondary N) is 3. The van der Waals surface area contributed by atoms with E-state index in [-0.39, 0.29) is 36.4 Å². The zero-order chi connectivity index (χ0) is 23.4. The third-order valence-electron chi connectivity index (χ3n) is 4.82. The molecule has 0 spiro atoms. The van der Waals surface area contributed by atoms with Gasteiger partial charge in [-0.25, -0.2) is 17.9 Å². The fourth-order valence-corrected chi connectivity index (χ4v) is 4.01. The van der Waals surface area contributed by atoms with Crippen molar-refractivity contribution in [3.63, 3.8) is 0 Å². The van der Waals surface area contributed by atoms with E-state index in [0.29, 0.717) is 5.69 Å². The Hall–Kier alpha value is -2.91. The highest BCUT2D eigenvalue weighted by Gasteiger charge is 2.14. The highest BCUT2D eigenvalue weighted by Crippen LogP contribution is 2.20. The first-order valence-electron chi connectivity index (χ1n) is 10.6. The van der Waals surface area contributed by atoms with Crippen molar-refractivity contribution in [3.05, 3.63) is 60.7 Å². The molecular weight excluding hydrogens is 430 g/mol. The van der Waals surface area contributed by atoms with Crippen LogP contribution in [0.25, 0.3) is 0 Å². The molecule has 1 aliphatic carbocycles. The van der Waals surface area contributed by atoms with Crippen LogP contribution in [0.15, 0.2) is 65.6 Å². The van der Waals surface area contributed by atoms with Gasteiger partial charge in [0.15, 0.2) is 0 Å². The Labute approximate surface area is 189 Å².